The van der Waals surface area contributed by atoms with Crippen LogP contribution in [0, 0.1) is 0 Å². The van der Waals surface area contributed by atoms with Gasteiger partial charge >= 0.3 is 0 Å². The highest BCUT2D eigenvalue weighted by Crippen LogP contribution is 2.14. The van der Waals surface area contributed by atoms with Crippen LogP contribution in [0.5, 0.6) is 0 Å². The van der Waals surface area contributed by atoms with Gasteiger partial charge in [0.1, 0.15) is 0 Å². The maximum absolute atomic E-state index is 2.49. The lowest BCUT2D eigenvalue weighted by Gasteiger charge is -2.18. The van der Waals surface area contributed by atoms with Gasteiger partial charge in [0.25, 0.3) is 0 Å². The molecule has 0 saturated heterocycles. The molecular formula is C25H45N. The van der Waals surface area contributed by atoms with Gasteiger partial charge in [-0.1, -0.05) is 115 Å². The molecule has 0 heterocycles. The van der Waals surface area contributed by atoms with Crippen molar-refractivity contribution in [1.82, 2.24) is 4.90 Å². The third-order valence-corrected chi connectivity index (χ3v) is 5.58. The molecule has 1 heteroatoms. The first-order chi connectivity index (χ1) is 12.8. The van der Waals surface area contributed by atoms with E-state index < -0.39 is 0 Å². The Kier molecular flexibility index (Phi) is 14.6. The quantitative estimate of drug-likeness (QED) is 0.257. The minimum Gasteiger partial charge on any atom is -0.302 e. The molecule has 0 aliphatic heterocycles. The minimum atomic E-state index is 1.10. The SMILES string of the molecule is CCCCCCCCCCCCCCCN(C)Cc1ccccc1CC. The molecule has 0 aliphatic carbocycles. The monoisotopic (exact) mass is 359 g/mol. The predicted molar refractivity (Wildman–Crippen MR) is 118 cm³/mol. The maximum atomic E-state index is 2.49. The second-order valence-corrected chi connectivity index (χ2v) is 8.10. The Morgan fingerprint density at radius 3 is 1.58 bits per heavy atom. The van der Waals surface area contributed by atoms with Crippen molar-refractivity contribution in [2.45, 2.75) is 110 Å². The fourth-order valence-electron chi connectivity index (χ4n) is 3.83. The molecule has 0 spiro atoms. The van der Waals surface area contributed by atoms with Crippen LogP contribution in [0.15, 0.2) is 24.3 Å². The van der Waals surface area contributed by atoms with E-state index in [4.69, 9.17) is 0 Å². The molecule has 1 rings (SSSR count). The van der Waals surface area contributed by atoms with Crippen molar-refractivity contribution in [3.8, 4) is 0 Å². The Hall–Kier alpha value is -0.820. The average Bonchev–Trinajstić information content (AvgIpc) is 2.66. The van der Waals surface area contributed by atoms with Gasteiger partial charge in [-0.3, -0.25) is 0 Å². The zero-order valence-corrected chi connectivity index (χ0v) is 18.1. The fraction of sp³-hybridized carbons (Fsp3) is 0.760. The van der Waals surface area contributed by atoms with Crippen LogP contribution in [0.1, 0.15) is 108 Å². The Labute approximate surface area is 164 Å². The van der Waals surface area contributed by atoms with Crippen molar-refractivity contribution >= 4 is 0 Å². The Bertz CT molecular complexity index is 426. The number of unbranched alkanes of at least 4 members (excludes halogenated alkanes) is 12. The third kappa shape index (κ3) is 11.7. The zero-order valence-electron chi connectivity index (χ0n) is 18.1. The number of nitrogens with zero attached hydrogens (tertiary/aromatic N) is 1. The van der Waals surface area contributed by atoms with E-state index in [1.807, 2.05) is 0 Å². The summed E-state index contributed by atoms with van der Waals surface area (Å²) in [4.78, 5) is 2.49. The number of aryl methyl sites for hydroxylation is 1. The molecule has 0 N–H and O–H groups in total. The van der Waals surface area contributed by atoms with Gasteiger partial charge in [0.15, 0.2) is 0 Å². The third-order valence-electron chi connectivity index (χ3n) is 5.58. The molecule has 1 aromatic rings. The van der Waals surface area contributed by atoms with Crippen molar-refractivity contribution in [3.63, 3.8) is 0 Å². The smallest absolute Gasteiger partial charge is 0.0233 e. The molecule has 0 aromatic heterocycles. The lowest BCUT2D eigenvalue weighted by atomic mass is 10.0. The van der Waals surface area contributed by atoms with Gasteiger partial charge in [-0.25, -0.2) is 0 Å². The van der Waals surface area contributed by atoms with Crippen molar-refractivity contribution in [2.24, 2.45) is 0 Å². The Morgan fingerprint density at radius 2 is 1.08 bits per heavy atom. The molecule has 1 nitrogen and oxygen atoms in total. The Morgan fingerprint density at radius 1 is 0.615 bits per heavy atom. The predicted octanol–water partition coefficient (Wildman–Crippen LogP) is 7.77. The van der Waals surface area contributed by atoms with Crippen LogP contribution >= 0.6 is 0 Å². The summed E-state index contributed by atoms with van der Waals surface area (Å²) in [6, 6.07) is 8.90. The van der Waals surface area contributed by atoms with Crippen LogP contribution in [0.2, 0.25) is 0 Å². The van der Waals surface area contributed by atoms with Gasteiger partial charge in [-0.05, 0) is 37.6 Å². The standard InChI is InChI=1S/C25H45N/c1-4-6-7-8-9-10-11-12-13-14-15-16-19-22-26(3)23-25-21-18-17-20-24(25)5-2/h17-18,20-21H,4-16,19,22-23H2,1-3H3. The highest BCUT2D eigenvalue weighted by atomic mass is 15.1. The van der Waals surface area contributed by atoms with Crippen LogP contribution in [0.25, 0.3) is 0 Å². The molecular weight excluding hydrogens is 314 g/mol. The highest BCUT2D eigenvalue weighted by Gasteiger charge is 2.04. The molecule has 1 aromatic carbocycles. The van der Waals surface area contributed by atoms with Gasteiger partial charge < -0.3 is 4.90 Å². The van der Waals surface area contributed by atoms with E-state index in [1.165, 1.54) is 101 Å². The van der Waals surface area contributed by atoms with E-state index in [9.17, 15) is 0 Å². The van der Waals surface area contributed by atoms with Crippen LogP contribution in [-0.2, 0) is 13.0 Å². The van der Waals surface area contributed by atoms with Gasteiger partial charge in [-0.2, -0.15) is 0 Å². The molecule has 0 aliphatic rings. The number of hydrogen-bond donors (Lipinski definition) is 0. The number of rotatable bonds is 17. The van der Waals surface area contributed by atoms with E-state index in [0.29, 0.717) is 0 Å². The summed E-state index contributed by atoms with van der Waals surface area (Å²) < 4.78 is 0. The minimum absolute atomic E-state index is 1.10. The molecule has 0 bridgehead atoms. The van der Waals surface area contributed by atoms with Crippen molar-refractivity contribution in [2.75, 3.05) is 13.6 Å². The molecule has 26 heavy (non-hydrogen) atoms. The normalized spacial score (nSPS) is 11.4. The first-order valence-corrected chi connectivity index (χ1v) is 11.5. The van der Waals surface area contributed by atoms with E-state index in [0.717, 1.165) is 13.0 Å². The lowest BCUT2D eigenvalue weighted by Crippen LogP contribution is -2.19. The summed E-state index contributed by atoms with van der Waals surface area (Å²) in [6.07, 6.45) is 19.8. The molecule has 0 saturated carbocycles. The highest BCUT2D eigenvalue weighted by molar-refractivity contribution is 5.26. The van der Waals surface area contributed by atoms with Gasteiger partial charge in [0, 0.05) is 6.54 Å². The summed E-state index contributed by atoms with van der Waals surface area (Å²) in [5, 5.41) is 0. The largest absolute Gasteiger partial charge is 0.302 e. The van der Waals surface area contributed by atoms with Crippen LogP contribution < -0.4 is 0 Å². The molecule has 0 atom stereocenters. The van der Waals surface area contributed by atoms with Crippen molar-refractivity contribution < 1.29 is 0 Å². The molecule has 0 amide bonds. The second-order valence-electron chi connectivity index (χ2n) is 8.10. The second kappa shape index (κ2) is 16.4. The summed E-state index contributed by atoms with van der Waals surface area (Å²) in [5.41, 5.74) is 3.01. The zero-order chi connectivity index (χ0) is 18.9. The molecule has 150 valence electrons. The van der Waals surface area contributed by atoms with E-state index in [2.05, 4.69) is 50.1 Å². The molecule has 0 unspecified atom stereocenters. The first-order valence-electron chi connectivity index (χ1n) is 11.5. The van der Waals surface area contributed by atoms with Crippen molar-refractivity contribution in [1.29, 1.82) is 0 Å². The summed E-state index contributed by atoms with van der Waals surface area (Å²) in [6.45, 7) is 6.88. The van der Waals surface area contributed by atoms with E-state index in [-0.39, 0.29) is 0 Å². The van der Waals surface area contributed by atoms with Crippen LogP contribution in [0.4, 0.5) is 0 Å². The topological polar surface area (TPSA) is 3.24 Å². The summed E-state index contributed by atoms with van der Waals surface area (Å²) in [7, 11) is 2.27. The fourth-order valence-corrected chi connectivity index (χ4v) is 3.83. The number of hydrogen-bond acceptors (Lipinski definition) is 1. The van der Waals surface area contributed by atoms with Gasteiger partial charge in [-0.15, -0.1) is 0 Å². The Balaban J connectivity index is 1.91. The lowest BCUT2D eigenvalue weighted by molar-refractivity contribution is 0.315. The number of benzene rings is 1. The maximum Gasteiger partial charge on any atom is 0.0233 e. The molecule has 0 radical (unpaired) electrons. The van der Waals surface area contributed by atoms with E-state index >= 15 is 0 Å². The van der Waals surface area contributed by atoms with Gasteiger partial charge in [0.05, 0.1) is 0 Å². The van der Waals surface area contributed by atoms with Gasteiger partial charge in [0.2, 0.25) is 0 Å². The summed E-state index contributed by atoms with van der Waals surface area (Å²) >= 11 is 0. The molecule has 0 fully saturated rings. The van der Waals surface area contributed by atoms with E-state index in [1.54, 1.807) is 0 Å². The van der Waals surface area contributed by atoms with Crippen molar-refractivity contribution in [3.05, 3.63) is 35.4 Å². The summed E-state index contributed by atoms with van der Waals surface area (Å²) in [5.74, 6) is 0. The first kappa shape index (κ1) is 23.2. The average molecular weight is 360 g/mol. The van der Waals surface area contributed by atoms with Crippen LogP contribution in [0.3, 0.4) is 0 Å². The van der Waals surface area contributed by atoms with Crippen LogP contribution in [-0.4, -0.2) is 18.5 Å².